The number of amides is 4. The number of nitrogens with zero attached hydrogens (tertiary/aromatic N) is 1. The number of aryl methyl sites for hydroxylation is 1. The molecule has 2 aliphatic rings. The van der Waals surface area contributed by atoms with Crippen molar-refractivity contribution in [2.45, 2.75) is 45.1 Å². The number of carbonyl (C=O) groups is 3. The maximum atomic E-state index is 13.6. The molecule has 0 unspecified atom stereocenters. The molecule has 0 bridgehead atoms. The molecule has 1 aromatic rings. The Bertz CT molecular complexity index is 736. The fourth-order valence-electron chi connectivity index (χ4n) is 3.65. The largest absolute Gasteiger partial charge is 0.325 e. The zero-order chi connectivity index (χ0) is 18.2. The lowest BCUT2D eigenvalue weighted by Crippen LogP contribution is -2.54. The van der Waals surface area contributed by atoms with E-state index in [2.05, 4.69) is 10.6 Å². The summed E-state index contributed by atoms with van der Waals surface area (Å²) in [6.07, 6.45) is 3.37. The third-order valence-corrected chi connectivity index (χ3v) is 5.26. The van der Waals surface area contributed by atoms with Gasteiger partial charge in [-0.15, -0.1) is 0 Å². The van der Waals surface area contributed by atoms with Crippen LogP contribution in [0.1, 0.15) is 38.2 Å². The standard InChI is InChI=1S/C18H22FN3O3/c1-11-6-7-13(9-14(11)19)20-15(23)10-22-16(24)18(21-17(22)25)8-4-3-5-12(18)2/h6-7,9,12H,3-5,8,10H2,1-2H3,(H,20,23)(H,21,25)/t12-,18-/m1/s1. The Labute approximate surface area is 145 Å². The fraction of sp³-hybridized carbons (Fsp3) is 0.500. The molecule has 1 saturated carbocycles. The van der Waals surface area contributed by atoms with Crippen molar-refractivity contribution < 1.29 is 18.8 Å². The summed E-state index contributed by atoms with van der Waals surface area (Å²) in [5.74, 6) is -1.26. The van der Waals surface area contributed by atoms with Crippen molar-refractivity contribution in [3.8, 4) is 0 Å². The summed E-state index contributed by atoms with van der Waals surface area (Å²) >= 11 is 0. The Kier molecular flexibility index (Phi) is 4.49. The lowest BCUT2D eigenvalue weighted by Gasteiger charge is -2.36. The van der Waals surface area contributed by atoms with Gasteiger partial charge < -0.3 is 10.6 Å². The Hall–Kier alpha value is -2.44. The van der Waals surface area contributed by atoms with E-state index in [1.807, 2.05) is 6.92 Å². The lowest BCUT2D eigenvalue weighted by atomic mass is 9.73. The smallest absolute Gasteiger partial charge is 0.324 e. The van der Waals surface area contributed by atoms with Gasteiger partial charge in [-0.25, -0.2) is 9.18 Å². The van der Waals surface area contributed by atoms with Crippen LogP contribution in [0, 0.1) is 18.7 Å². The molecule has 1 aromatic carbocycles. The highest BCUT2D eigenvalue weighted by Gasteiger charge is 2.55. The monoisotopic (exact) mass is 347 g/mol. The number of urea groups is 1. The minimum absolute atomic E-state index is 0.0388. The zero-order valence-corrected chi connectivity index (χ0v) is 14.4. The van der Waals surface area contributed by atoms with Gasteiger partial charge in [-0.05, 0) is 43.4 Å². The Morgan fingerprint density at radius 1 is 1.40 bits per heavy atom. The number of anilines is 1. The van der Waals surface area contributed by atoms with Crippen LogP contribution in [-0.4, -0.2) is 34.8 Å². The molecule has 2 atom stereocenters. The SMILES string of the molecule is Cc1ccc(NC(=O)CN2C(=O)N[C@@]3(CCCC[C@H]3C)C2=O)cc1F. The molecule has 134 valence electrons. The molecule has 1 saturated heterocycles. The van der Waals surface area contributed by atoms with Crippen LogP contribution >= 0.6 is 0 Å². The number of hydrogen-bond donors (Lipinski definition) is 2. The fourth-order valence-corrected chi connectivity index (χ4v) is 3.65. The first kappa shape index (κ1) is 17.4. The zero-order valence-electron chi connectivity index (χ0n) is 14.4. The van der Waals surface area contributed by atoms with E-state index < -0.39 is 23.3 Å². The van der Waals surface area contributed by atoms with Gasteiger partial charge in [0.05, 0.1) is 0 Å². The Morgan fingerprint density at radius 3 is 2.84 bits per heavy atom. The van der Waals surface area contributed by atoms with E-state index in [0.29, 0.717) is 17.7 Å². The van der Waals surface area contributed by atoms with Crippen LogP contribution in [0.2, 0.25) is 0 Å². The van der Waals surface area contributed by atoms with E-state index in [1.54, 1.807) is 19.1 Å². The van der Waals surface area contributed by atoms with Crippen molar-refractivity contribution >= 4 is 23.5 Å². The highest BCUT2D eigenvalue weighted by atomic mass is 19.1. The predicted octanol–water partition coefficient (Wildman–Crippen LogP) is 2.57. The van der Waals surface area contributed by atoms with Gasteiger partial charge in [-0.3, -0.25) is 14.5 Å². The van der Waals surface area contributed by atoms with Crippen molar-refractivity contribution in [1.82, 2.24) is 10.2 Å². The van der Waals surface area contributed by atoms with Crippen molar-refractivity contribution in [2.24, 2.45) is 5.92 Å². The van der Waals surface area contributed by atoms with Crippen molar-refractivity contribution in [2.75, 3.05) is 11.9 Å². The maximum absolute atomic E-state index is 13.6. The topological polar surface area (TPSA) is 78.5 Å². The molecule has 7 heteroatoms. The third-order valence-electron chi connectivity index (χ3n) is 5.26. The second-order valence-electron chi connectivity index (χ2n) is 6.95. The Morgan fingerprint density at radius 2 is 2.16 bits per heavy atom. The molecular formula is C18H22FN3O3. The third kappa shape index (κ3) is 3.10. The van der Waals surface area contributed by atoms with Gasteiger partial charge in [0.2, 0.25) is 5.91 Å². The predicted molar refractivity (Wildman–Crippen MR) is 90.4 cm³/mol. The molecule has 2 N–H and O–H groups in total. The lowest BCUT2D eigenvalue weighted by molar-refractivity contribution is -0.136. The number of hydrogen-bond acceptors (Lipinski definition) is 3. The van der Waals surface area contributed by atoms with E-state index in [1.165, 1.54) is 6.07 Å². The molecule has 1 aliphatic heterocycles. The van der Waals surface area contributed by atoms with Crippen molar-refractivity contribution in [1.29, 1.82) is 0 Å². The molecule has 1 spiro atoms. The minimum atomic E-state index is -0.883. The summed E-state index contributed by atoms with van der Waals surface area (Å²) in [4.78, 5) is 38.2. The number of imide groups is 1. The van der Waals surface area contributed by atoms with Gasteiger partial charge in [0.15, 0.2) is 0 Å². The molecule has 2 fully saturated rings. The number of carbonyl (C=O) groups excluding carboxylic acids is 3. The molecular weight excluding hydrogens is 325 g/mol. The molecule has 0 aromatic heterocycles. The van der Waals surface area contributed by atoms with Gasteiger partial charge in [-0.1, -0.05) is 25.8 Å². The van der Waals surface area contributed by atoms with Crippen LogP contribution in [0.15, 0.2) is 18.2 Å². The summed E-state index contributed by atoms with van der Waals surface area (Å²) in [6.45, 7) is 3.20. The molecule has 25 heavy (non-hydrogen) atoms. The number of rotatable bonds is 3. The summed E-state index contributed by atoms with van der Waals surface area (Å²) in [5, 5.41) is 5.33. The van der Waals surface area contributed by atoms with Crippen LogP contribution in [-0.2, 0) is 9.59 Å². The molecule has 1 aliphatic carbocycles. The Balaban J connectivity index is 1.69. The highest BCUT2D eigenvalue weighted by Crippen LogP contribution is 2.38. The van der Waals surface area contributed by atoms with Crippen LogP contribution in [0.25, 0.3) is 0 Å². The summed E-state index contributed by atoms with van der Waals surface area (Å²) < 4.78 is 13.6. The second kappa shape index (κ2) is 6.46. The van der Waals surface area contributed by atoms with Gasteiger partial charge >= 0.3 is 6.03 Å². The normalized spacial score (nSPS) is 26.0. The molecule has 6 nitrogen and oxygen atoms in total. The first-order chi connectivity index (χ1) is 11.8. The number of halogens is 1. The van der Waals surface area contributed by atoms with E-state index in [-0.39, 0.29) is 18.4 Å². The summed E-state index contributed by atoms with van der Waals surface area (Å²) in [5.41, 5.74) is -0.118. The average molecular weight is 347 g/mol. The van der Waals surface area contributed by atoms with Gasteiger partial charge in [0.25, 0.3) is 5.91 Å². The van der Waals surface area contributed by atoms with Gasteiger partial charge in [-0.2, -0.15) is 0 Å². The average Bonchev–Trinajstić information content (AvgIpc) is 2.79. The van der Waals surface area contributed by atoms with Gasteiger partial charge in [0.1, 0.15) is 17.9 Å². The van der Waals surface area contributed by atoms with Gasteiger partial charge in [0, 0.05) is 5.69 Å². The summed E-state index contributed by atoms with van der Waals surface area (Å²) in [6, 6.07) is 3.80. The highest BCUT2D eigenvalue weighted by molar-refractivity contribution is 6.10. The molecule has 4 amide bonds. The second-order valence-corrected chi connectivity index (χ2v) is 6.95. The van der Waals surface area contributed by atoms with Crippen molar-refractivity contribution in [3.63, 3.8) is 0 Å². The van der Waals surface area contributed by atoms with Crippen LogP contribution in [0.3, 0.4) is 0 Å². The maximum Gasteiger partial charge on any atom is 0.325 e. The minimum Gasteiger partial charge on any atom is -0.324 e. The van der Waals surface area contributed by atoms with Crippen molar-refractivity contribution in [3.05, 3.63) is 29.6 Å². The molecule has 3 rings (SSSR count). The first-order valence-corrected chi connectivity index (χ1v) is 8.53. The molecule has 1 heterocycles. The van der Waals surface area contributed by atoms with Crippen LogP contribution in [0.5, 0.6) is 0 Å². The van der Waals surface area contributed by atoms with Crippen LogP contribution in [0.4, 0.5) is 14.9 Å². The quantitative estimate of drug-likeness (QED) is 0.825. The number of benzene rings is 1. The number of nitrogens with one attached hydrogen (secondary N) is 2. The van der Waals surface area contributed by atoms with Crippen LogP contribution < -0.4 is 10.6 Å². The van der Waals surface area contributed by atoms with E-state index in [4.69, 9.17) is 0 Å². The molecule has 0 radical (unpaired) electrons. The van der Waals surface area contributed by atoms with E-state index in [0.717, 1.165) is 24.2 Å². The van der Waals surface area contributed by atoms with E-state index in [9.17, 15) is 18.8 Å². The van der Waals surface area contributed by atoms with E-state index >= 15 is 0 Å². The summed E-state index contributed by atoms with van der Waals surface area (Å²) in [7, 11) is 0. The first-order valence-electron chi connectivity index (χ1n) is 8.53.